The molecule has 0 unspecified atom stereocenters. The highest BCUT2D eigenvalue weighted by Crippen LogP contribution is 2.43. The van der Waals surface area contributed by atoms with E-state index in [1.807, 2.05) is 30.3 Å². The predicted octanol–water partition coefficient (Wildman–Crippen LogP) is 5.38. The van der Waals surface area contributed by atoms with Gasteiger partial charge in [-0.15, -0.1) is 0 Å². The fourth-order valence-corrected chi connectivity index (χ4v) is 6.94. The Balaban J connectivity index is 1.32. The van der Waals surface area contributed by atoms with Crippen LogP contribution >= 0.6 is 15.9 Å². The van der Waals surface area contributed by atoms with Crippen molar-refractivity contribution in [1.82, 2.24) is 10.2 Å². The van der Waals surface area contributed by atoms with Crippen LogP contribution in [0.25, 0.3) is 10.8 Å². The third kappa shape index (κ3) is 3.64. The number of methoxy groups -OCH3 is 1. The molecule has 0 aromatic heterocycles. The van der Waals surface area contributed by atoms with Crippen LogP contribution in [0.2, 0.25) is 0 Å². The van der Waals surface area contributed by atoms with Crippen molar-refractivity contribution < 1.29 is 9.53 Å². The summed E-state index contributed by atoms with van der Waals surface area (Å²) in [7, 11) is 1.64. The Kier molecular flexibility index (Phi) is 5.76. The number of likely N-dealkylation sites (tertiary alicyclic amines) is 1. The summed E-state index contributed by atoms with van der Waals surface area (Å²) in [6.45, 7) is 2.10. The number of benzene rings is 2. The molecule has 0 spiro atoms. The molecule has 2 bridgehead atoms. The number of nitrogens with zero attached hydrogens (tertiary/aromatic N) is 1. The summed E-state index contributed by atoms with van der Waals surface area (Å²) in [4.78, 5) is 15.9. The van der Waals surface area contributed by atoms with Crippen LogP contribution in [0.4, 0.5) is 0 Å². The number of carbonyl (C=O) groups excluding carboxylic acids is 1. The van der Waals surface area contributed by atoms with Gasteiger partial charge in [0.1, 0.15) is 5.75 Å². The molecule has 1 aliphatic heterocycles. The van der Waals surface area contributed by atoms with Crippen molar-refractivity contribution in [3.8, 4) is 5.75 Å². The van der Waals surface area contributed by atoms with Gasteiger partial charge in [0, 0.05) is 35.0 Å². The molecule has 0 radical (unpaired) electrons. The highest BCUT2D eigenvalue weighted by Gasteiger charge is 2.42. The first-order valence-corrected chi connectivity index (χ1v) is 12.2. The average Bonchev–Trinajstić information content (AvgIpc) is 3.21. The van der Waals surface area contributed by atoms with Gasteiger partial charge in [-0.2, -0.15) is 0 Å². The first-order valence-electron chi connectivity index (χ1n) is 11.5. The first-order chi connectivity index (χ1) is 14.7. The largest absolute Gasteiger partial charge is 0.495 e. The monoisotopic (exact) mass is 470 g/mol. The van der Waals surface area contributed by atoms with Crippen molar-refractivity contribution in [2.24, 2.45) is 11.8 Å². The Bertz CT molecular complexity index is 924. The lowest BCUT2D eigenvalue weighted by atomic mass is 9.68. The van der Waals surface area contributed by atoms with Crippen molar-refractivity contribution in [1.29, 1.82) is 0 Å². The molecule has 1 N–H and O–H groups in total. The van der Waals surface area contributed by atoms with Gasteiger partial charge in [-0.1, -0.05) is 53.0 Å². The average molecular weight is 471 g/mol. The summed E-state index contributed by atoms with van der Waals surface area (Å²) in [5, 5.41) is 5.33. The van der Waals surface area contributed by atoms with E-state index in [0.29, 0.717) is 11.3 Å². The zero-order valence-electron chi connectivity index (χ0n) is 17.7. The van der Waals surface area contributed by atoms with Gasteiger partial charge in [0.15, 0.2) is 0 Å². The number of halogens is 1. The summed E-state index contributed by atoms with van der Waals surface area (Å²) >= 11 is 3.64. The molecule has 2 aromatic rings. The summed E-state index contributed by atoms with van der Waals surface area (Å²) in [5.41, 5.74) is 0.607. The third-order valence-corrected chi connectivity index (χ3v) is 8.29. The van der Waals surface area contributed by atoms with Crippen molar-refractivity contribution in [3.05, 3.63) is 40.4 Å². The number of amides is 1. The van der Waals surface area contributed by atoms with Crippen LogP contribution in [0, 0.1) is 11.8 Å². The van der Waals surface area contributed by atoms with E-state index in [1.165, 1.54) is 38.5 Å². The van der Waals surface area contributed by atoms with E-state index in [4.69, 9.17) is 4.74 Å². The molecule has 4 nitrogen and oxygen atoms in total. The fraction of sp³-hybridized carbons (Fsp3) is 0.560. The minimum atomic E-state index is -0.0333. The number of carbonyl (C=O) groups is 1. The molecule has 1 saturated heterocycles. The Morgan fingerprint density at radius 1 is 1.07 bits per heavy atom. The standard InChI is InChI=1S/C25H31BrN2O2/c1-30-24-20-11-3-2-10-19(20)22(26)14-21(24)25(29)27-18-12-13-28(15-18)23-16-6-4-7-17(23)9-5-8-16/h2-3,10-11,14,16-18,23H,4-9,12-13,15H2,1H3,(H,27,29)/t16?,17?,18-,23?/m1/s1. The first kappa shape index (κ1) is 20.3. The molecule has 1 heterocycles. The van der Waals surface area contributed by atoms with E-state index in [0.717, 1.165) is 52.6 Å². The van der Waals surface area contributed by atoms with E-state index in [2.05, 4.69) is 26.1 Å². The number of hydrogen-bond donors (Lipinski definition) is 1. The van der Waals surface area contributed by atoms with Gasteiger partial charge >= 0.3 is 0 Å². The highest BCUT2D eigenvalue weighted by atomic mass is 79.9. The summed E-state index contributed by atoms with van der Waals surface area (Å²) in [6, 6.07) is 10.9. The number of ether oxygens (including phenoxy) is 1. The molecule has 160 valence electrons. The van der Waals surface area contributed by atoms with E-state index < -0.39 is 0 Å². The zero-order chi connectivity index (χ0) is 20.7. The van der Waals surface area contributed by atoms with Gasteiger partial charge < -0.3 is 10.1 Å². The minimum absolute atomic E-state index is 0.0333. The van der Waals surface area contributed by atoms with Crippen LogP contribution in [0.15, 0.2) is 34.8 Å². The Hall–Kier alpha value is -1.59. The highest BCUT2D eigenvalue weighted by molar-refractivity contribution is 9.10. The van der Waals surface area contributed by atoms with Crippen LogP contribution in [0.5, 0.6) is 5.75 Å². The van der Waals surface area contributed by atoms with Gasteiger partial charge in [0.25, 0.3) is 5.91 Å². The zero-order valence-corrected chi connectivity index (χ0v) is 19.3. The normalized spacial score (nSPS) is 29.1. The van der Waals surface area contributed by atoms with Crippen molar-refractivity contribution in [3.63, 3.8) is 0 Å². The Morgan fingerprint density at radius 2 is 1.73 bits per heavy atom. The van der Waals surface area contributed by atoms with Crippen molar-refractivity contribution in [2.75, 3.05) is 20.2 Å². The minimum Gasteiger partial charge on any atom is -0.495 e. The molecule has 2 saturated carbocycles. The second-order valence-electron chi connectivity index (χ2n) is 9.31. The lowest BCUT2D eigenvalue weighted by Crippen LogP contribution is -2.50. The molecule has 1 atom stereocenters. The maximum absolute atomic E-state index is 13.2. The van der Waals surface area contributed by atoms with Gasteiger partial charge in [-0.05, 0) is 55.4 Å². The Labute approximate surface area is 187 Å². The van der Waals surface area contributed by atoms with Crippen LogP contribution in [0.3, 0.4) is 0 Å². The van der Waals surface area contributed by atoms with E-state index in [9.17, 15) is 4.79 Å². The molecular formula is C25H31BrN2O2. The predicted molar refractivity (Wildman–Crippen MR) is 124 cm³/mol. The molecular weight excluding hydrogens is 440 g/mol. The number of rotatable bonds is 4. The molecule has 5 heteroatoms. The summed E-state index contributed by atoms with van der Waals surface area (Å²) in [6.07, 6.45) is 9.47. The summed E-state index contributed by atoms with van der Waals surface area (Å²) < 4.78 is 6.60. The van der Waals surface area contributed by atoms with E-state index >= 15 is 0 Å². The molecule has 5 rings (SSSR count). The summed E-state index contributed by atoms with van der Waals surface area (Å²) in [5.74, 6) is 2.38. The van der Waals surface area contributed by atoms with Crippen LogP contribution < -0.4 is 10.1 Å². The molecule has 30 heavy (non-hydrogen) atoms. The van der Waals surface area contributed by atoms with E-state index in [-0.39, 0.29) is 11.9 Å². The second-order valence-corrected chi connectivity index (χ2v) is 10.2. The molecule has 3 aliphatic rings. The number of nitrogens with one attached hydrogen (secondary N) is 1. The fourth-order valence-electron chi connectivity index (χ4n) is 6.37. The van der Waals surface area contributed by atoms with Crippen molar-refractivity contribution in [2.45, 2.75) is 57.0 Å². The smallest absolute Gasteiger partial charge is 0.255 e. The maximum Gasteiger partial charge on any atom is 0.255 e. The topological polar surface area (TPSA) is 41.6 Å². The number of fused-ring (bicyclic) bond motifs is 3. The van der Waals surface area contributed by atoms with Crippen LogP contribution in [-0.4, -0.2) is 43.1 Å². The van der Waals surface area contributed by atoms with Gasteiger partial charge in [0.2, 0.25) is 0 Å². The lowest BCUT2D eigenvalue weighted by molar-refractivity contribution is 0.0346. The van der Waals surface area contributed by atoms with E-state index in [1.54, 1.807) is 7.11 Å². The van der Waals surface area contributed by atoms with Gasteiger partial charge in [0.05, 0.1) is 12.7 Å². The molecule has 2 aliphatic carbocycles. The van der Waals surface area contributed by atoms with Gasteiger partial charge in [-0.25, -0.2) is 0 Å². The lowest BCUT2D eigenvalue weighted by Gasteiger charge is -2.47. The third-order valence-electron chi connectivity index (χ3n) is 7.64. The molecule has 1 amide bonds. The maximum atomic E-state index is 13.2. The second kappa shape index (κ2) is 8.51. The Morgan fingerprint density at radius 3 is 2.40 bits per heavy atom. The quantitative estimate of drug-likeness (QED) is 0.651. The van der Waals surface area contributed by atoms with Crippen LogP contribution in [-0.2, 0) is 0 Å². The SMILES string of the molecule is COc1c(C(=O)N[C@@H]2CCN(C3C4CCCC3CCC4)C2)cc(Br)c2ccccc12. The molecule has 3 fully saturated rings. The van der Waals surface area contributed by atoms with Crippen molar-refractivity contribution >= 4 is 32.6 Å². The van der Waals surface area contributed by atoms with Gasteiger partial charge in [-0.3, -0.25) is 9.69 Å². The van der Waals surface area contributed by atoms with Crippen LogP contribution in [0.1, 0.15) is 55.3 Å². The number of hydrogen-bond acceptors (Lipinski definition) is 3. The molecule has 2 aromatic carbocycles.